The number of benzene rings is 2. The van der Waals surface area contributed by atoms with Crippen molar-refractivity contribution >= 4 is 38.3 Å². The highest BCUT2D eigenvalue weighted by atomic mass is 32.2. The summed E-state index contributed by atoms with van der Waals surface area (Å²) in [5, 5.41) is 19.0. The van der Waals surface area contributed by atoms with Crippen LogP contribution in [-0.4, -0.2) is 50.6 Å². The summed E-state index contributed by atoms with van der Waals surface area (Å²) in [5.74, 6) is 0.976. The van der Waals surface area contributed by atoms with Crippen molar-refractivity contribution in [1.82, 2.24) is 10.2 Å². The number of nitrogens with one attached hydrogen (secondary N) is 1. The van der Waals surface area contributed by atoms with Crippen LogP contribution in [0, 0.1) is 18.3 Å². The number of hydrogen-bond acceptors (Lipinski definition) is 10. The lowest BCUT2D eigenvalue weighted by molar-refractivity contribution is -0.112. The predicted octanol–water partition coefficient (Wildman–Crippen LogP) is 3.65. The molecule has 1 amide bonds. The van der Waals surface area contributed by atoms with Crippen LogP contribution in [0.5, 0.6) is 17.2 Å². The van der Waals surface area contributed by atoms with Crippen LogP contribution >= 0.6 is 11.3 Å². The Balaban J connectivity index is 1.68. The van der Waals surface area contributed by atoms with Crippen molar-refractivity contribution in [3.63, 3.8) is 0 Å². The Morgan fingerprint density at radius 2 is 1.81 bits per heavy atom. The van der Waals surface area contributed by atoms with Crippen molar-refractivity contribution < 1.29 is 27.4 Å². The summed E-state index contributed by atoms with van der Waals surface area (Å²) < 4.78 is 40.1. The summed E-state index contributed by atoms with van der Waals surface area (Å²) >= 11 is 0.696. The topological polar surface area (TPSA) is 140 Å². The Morgan fingerprint density at radius 1 is 1.08 bits per heavy atom. The molecule has 12 heteroatoms. The van der Waals surface area contributed by atoms with Crippen molar-refractivity contribution in [2.24, 2.45) is 0 Å². The highest BCUT2D eigenvalue weighted by Gasteiger charge is 2.18. The molecule has 0 atom stereocenters. The number of hydrogen-bond donors (Lipinski definition) is 1. The van der Waals surface area contributed by atoms with Crippen LogP contribution in [0.15, 0.2) is 52.4 Å². The van der Waals surface area contributed by atoms with Gasteiger partial charge in [0.25, 0.3) is 5.91 Å². The number of para-hydroxylation sites is 1. The van der Waals surface area contributed by atoms with Crippen molar-refractivity contribution in [2.75, 3.05) is 31.4 Å². The molecule has 0 aliphatic carbocycles. The van der Waals surface area contributed by atoms with E-state index in [-0.39, 0.29) is 21.7 Å². The second kappa shape index (κ2) is 12.1. The zero-order chi connectivity index (χ0) is 26.1. The van der Waals surface area contributed by atoms with Crippen LogP contribution in [0.4, 0.5) is 5.13 Å². The van der Waals surface area contributed by atoms with Crippen LogP contribution in [0.1, 0.15) is 18.1 Å². The Labute approximate surface area is 213 Å². The molecule has 0 radical (unpaired) electrons. The van der Waals surface area contributed by atoms with Gasteiger partial charge in [-0.15, -0.1) is 10.2 Å². The summed E-state index contributed by atoms with van der Waals surface area (Å²) in [6.45, 7) is 4.80. The molecule has 0 spiro atoms. The van der Waals surface area contributed by atoms with E-state index in [1.165, 1.54) is 6.08 Å². The van der Waals surface area contributed by atoms with Gasteiger partial charge in [-0.25, -0.2) is 8.42 Å². The van der Waals surface area contributed by atoms with Gasteiger partial charge in [0.1, 0.15) is 30.6 Å². The molecule has 3 aromatic rings. The molecular formula is C24H24N4O6S2. The standard InChI is InChI=1S/C24H24N4O6S2/c1-4-32-21-14-17(9-10-20(21)34-12-11-33-19-8-6-5-7-16(19)2)13-18(15-25)22(29)26-23-27-28-24(35-23)36(3,30)31/h5-10,13-14H,4,11-12H2,1-3H3,(H,26,27,29). The number of anilines is 1. The average molecular weight is 529 g/mol. The maximum atomic E-state index is 12.5. The molecule has 1 N–H and O–H groups in total. The maximum Gasteiger partial charge on any atom is 0.268 e. The van der Waals surface area contributed by atoms with Crippen molar-refractivity contribution in [2.45, 2.75) is 18.2 Å². The number of nitrogens with zero attached hydrogens (tertiary/aromatic N) is 3. The van der Waals surface area contributed by atoms with E-state index in [0.717, 1.165) is 17.6 Å². The van der Waals surface area contributed by atoms with E-state index in [2.05, 4.69) is 15.5 Å². The SMILES string of the molecule is CCOc1cc(C=C(C#N)C(=O)Nc2nnc(S(C)(=O)=O)s2)ccc1OCCOc1ccccc1C. The van der Waals surface area contributed by atoms with E-state index in [1.807, 2.05) is 44.2 Å². The molecule has 0 bridgehead atoms. The van der Waals surface area contributed by atoms with E-state index in [4.69, 9.17) is 14.2 Å². The summed E-state index contributed by atoms with van der Waals surface area (Å²) in [7, 11) is -3.55. The number of sulfone groups is 1. The van der Waals surface area contributed by atoms with Gasteiger partial charge in [0.15, 0.2) is 11.5 Å². The second-order valence-electron chi connectivity index (χ2n) is 7.37. The Hall–Kier alpha value is -3.95. The first-order valence-electron chi connectivity index (χ1n) is 10.8. The molecule has 3 rings (SSSR count). The normalized spacial score (nSPS) is 11.4. The number of carbonyl (C=O) groups excluding carboxylic acids is 1. The molecule has 0 saturated heterocycles. The third-order valence-electron chi connectivity index (χ3n) is 4.58. The zero-order valence-corrected chi connectivity index (χ0v) is 21.5. The van der Waals surface area contributed by atoms with E-state index in [1.54, 1.807) is 18.2 Å². The van der Waals surface area contributed by atoms with Crippen LogP contribution in [-0.2, 0) is 14.6 Å². The molecule has 0 aliphatic rings. The molecule has 10 nitrogen and oxygen atoms in total. The third-order valence-corrected chi connectivity index (χ3v) is 7.09. The predicted molar refractivity (Wildman–Crippen MR) is 135 cm³/mol. The van der Waals surface area contributed by atoms with E-state index in [9.17, 15) is 18.5 Å². The summed E-state index contributed by atoms with van der Waals surface area (Å²) in [4.78, 5) is 12.5. The fourth-order valence-electron chi connectivity index (χ4n) is 2.91. The van der Waals surface area contributed by atoms with Crippen molar-refractivity contribution in [3.8, 4) is 23.3 Å². The Bertz CT molecular complexity index is 1410. The minimum Gasteiger partial charge on any atom is -0.490 e. The van der Waals surface area contributed by atoms with Gasteiger partial charge < -0.3 is 14.2 Å². The third kappa shape index (κ3) is 7.27. The number of ether oxygens (including phenoxy) is 3. The van der Waals surface area contributed by atoms with Crippen LogP contribution in [0.2, 0.25) is 0 Å². The van der Waals surface area contributed by atoms with Crippen LogP contribution in [0.25, 0.3) is 6.08 Å². The quantitative estimate of drug-likeness (QED) is 0.171. The molecule has 188 valence electrons. The van der Waals surface area contributed by atoms with Crippen molar-refractivity contribution in [3.05, 3.63) is 59.2 Å². The molecule has 36 heavy (non-hydrogen) atoms. The first-order chi connectivity index (χ1) is 17.2. The molecule has 0 aliphatic heterocycles. The summed E-state index contributed by atoms with van der Waals surface area (Å²) in [5.41, 5.74) is 1.35. The molecule has 0 fully saturated rings. The van der Waals surface area contributed by atoms with Crippen LogP contribution in [0.3, 0.4) is 0 Å². The maximum absolute atomic E-state index is 12.5. The molecule has 1 heterocycles. The van der Waals surface area contributed by atoms with E-state index < -0.39 is 15.7 Å². The van der Waals surface area contributed by atoms with Gasteiger partial charge in [-0.05, 0) is 49.2 Å². The second-order valence-corrected chi connectivity index (χ2v) is 10.5. The largest absolute Gasteiger partial charge is 0.490 e. The minimum atomic E-state index is -3.55. The van der Waals surface area contributed by atoms with Gasteiger partial charge in [-0.2, -0.15) is 5.26 Å². The smallest absolute Gasteiger partial charge is 0.268 e. The molecule has 2 aromatic carbocycles. The molecule has 1 aromatic heterocycles. The van der Waals surface area contributed by atoms with Gasteiger partial charge in [-0.3, -0.25) is 10.1 Å². The lowest BCUT2D eigenvalue weighted by atomic mass is 10.1. The number of amides is 1. The molecule has 0 saturated carbocycles. The fraction of sp³-hybridized carbons (Fsp3) is 0.250. The first kappa shape index (κ1) is 26.7. The first-order valence-corrected chi connectivity index (χ1v) is 13.5. The van der Waals surface area contributed by atoms with E-state index in [0.29, 0.717) is 41.6 Å². The van der Waals surface area contributed by atoms with Gasteiger partial charge in [0.05, 0.1) is 6.61 Å². The summed E-state index contributed by atoms with van der Waals surface area (Å²) in [6, 6.07) is 14.5. The highest BCUT2D eigenvalue weighted by molar-refractivity contribution is 7.92. The highest BCUT2D eigenvalue weighted by Crippen LogP contribution is 2.30. The number of nitriles is 1. The van der Waals surface area contributed by atoms with Gasteiger partial charge in [0.2, 0.25) is 19.3 Å². The lowest BCUT2D eigenvalue weighted by Crippen LogP contribution is -2.13. The zero-order valence-electron chi connectivity index (χ0n) is 19.8. The average Bonchev–Trinajstić information content (AvgIpc) is 3.31. The van der Waals surface area contributed by atoms with Gasteiger partial charge in [0, 0.05) is 6.26 Å². The minimum absolute atomic E-state index is 0.0340. The van der Waals surface area contributed by atoms with E-state index >= 15 is 0 Å². The monoisotopic (exact) mass is 528 g/mol. The number of aryl methyl sites for hydroxylation is 1. The van der Waals surface area contributed by atoms with Crippen molar-refractivity contribution in [1.29, 1.82) is 5.26 Å². The fourth-order valence-corrected chi connectivity index (χ4v) is 4.42. The number of aromatic nitrogens is 2. The number of rotatable bonds is 11. The van der Waals surface area contributed by atoms with Crippen LogP contribution < -0.4 is 19.5 Å². The van der Waals surface area contributed by atoms with Gasteiger partial charge in [-0.1, -0.05) is 35.6 Å². The number of carbonyl (C=O) groups is 1. The molecular weight excluding hydrogens is 504 g/mol. The Kier molecular flexibility index (Phi) is 8.99. The lowest BCUT2D eigenvalue weighted by Gasteiger charge is -2.14. The molecule has 0 unspecified atom stereocenters. The Morgan fingerprint density at radius 3 is 2.44 bits per heavy atom. The van der Waals surface area contributed by atoms with Gasteiger partial charge >= 0.3 is 0 Å². The summed E-state index contributed by atoms with van der Waals surface area (Å²) in [6.07, 6.45) is 2.36.